The zero-order chi connectivity index (χ0) is 20.4. The third kappa shape index (κ3) is 4.65. The third-order valence-electron chi connectivity index (χ3n) is 3.65. The van der Waals surface area contributed by atoms with E-state index in [1.165, 1.54) is 24.3 Å². The average molecular weight is 533 g/mol. The van der Waals surface area contributed by atoms with E-state index in [2.05, 4.69) is 5.32 Å². The second-order valence-electron chi connectivity index (χ2n) is 5.66. The van der Waals surface area contributed by atoms with E-state index in [9.17, 15) is 23.9 Å². The molecule has 1 aliphatic heterocycles. The molecule has 0 saturated carbocycles. The minimum Gasteiger partial charge on any atom is -0.507 e. The first-order valence-electron chi connectivity index (χ1n) is 7.73. The van der Waals surface area contributed by atoms with Crippen LogP contribution in [-0.4, -0.2) is 33.6 Å². The molecule has 3 rings (SSSR count). The molecule has 2 N–H and O–H groups in total. The Balaban J connectivity index is 1.70. The maximum absolute atomic E-state index is 13.2. The summed E-state index contributed by atoms with van der Waals surface area (Å²) in [6, 6.07) is 8.40. The molecule has 144 valence electrons. The zero-order valence-corrected chi connectivity index (χ0v) is 17.6. The van der Waals surface area contributed by atoms with E-state index in [1.807, 2.05) is 22.6 Å². The van der Waals surface area contributed by atoms with Gasteiger partial charge in [0.1, 0.15) is 18.1 Å². The number of nitrogens with one attached hydrogen (secondary N) is 1. The summed E-state index contributed by atoms with van der Waals surface area (Å²) in [6.45, 7) is -0.482. The van der Waals surface area contributed by atoms with Crippen LogP contribution in [-0.2, 0) is 9.59 Å². The number of halogens is 3. The van der Waals surface area contributed by atoms with Crippen LogP contribution in [0.25, 0.3) is 6.08 Å². The lowest BCUT2D eigenvalue weighted by Gasteiger charge is -2.12. The fourth-order valence-corrected chi connectivity index (χ4v) is 3.88. The molecule has 1 heterocycles. The lowest BCUT2D eigenvalue weighted by molar-refractivity contribution is -0.127. The summed E-state index contributed by atoms with van der Waals surface area (Å²) in [5.41, 5.74) is 0.885. The van der Waals surface area contributed by atoms with Crippen LogP contribution in [0.4, 0.5) is 14.9 Å². The minimum absolute atomic E-state index is 0.114. The molecule has 6 nitrogen and oxygen atoms in total. The maximum atomic E-state index is 13.2. The first-order valence-corrected chi connectivity index (χ1v) is 10.0. The second-order valence-corrected chi connectivity index (χ2v) is 8.22. The molecule has 0 atom stereocenters. The molecule has 1 aliphatic rings. The van der Waals surface area contributed by atoms with Gasteiger partial charge in [-0.25, -0.2) is 4.39 Å². The van der Waals surface area contributed by atoms with Crippen LogP contribution in [0.2, 0.25) is 5.02 Å². The topological polar surface area (TPSA) is 86.7 Å². The largest absolute Gasteiger partial charge is 0.507 e. The molecule has 10 heteroatoms. The van der Waals surface area contributed by atoms with Gasteiger partial charge in [-0.1, -0.05) is 17.7 Å². The van der Waals surface area contributed by atoms with Crippen molar-refractivity contribution in [3.8, 4) is 5.75 Å². The number of nitrogens with zero attached hydrogens (tertiary/aromatic N) is 1. The first kappa shape index (κ1) is 20.6. The van der Waals surface area contributed by atoms with Gasteiger partial charge in [0.15, 0.2) is 0 Å². The highest BCUT2D eigenvalue weighted by molar-refractivity contribution is 14.1. The van der Waals surface area contributed by atoms with Crippen molar-refractivity contribution in [1.82, 2.24) is 4.90 Å². The van der Waals surface area contributed by atoms with E-state index in [-0.39, 0.29) is 21.4 Å². The van der Waals surface area contributed by atoms with Crippen LogP contribution in [0.15, 0.2) is 41.3 Å². The molecule has 3 amide bonds. The fraction of sp³-hybridized carbons (Fsp3) is 0.0556. The molecular weight excluding hydrogens is 522 g/mol. The monoisotopic (exact) mass is 532 g/mol. The van der Waals surface area contributed by atoms with Gasteiger partial charge in [0, 0.05) is 5.69 Å². The summed E-state index contributed by atoms with van der Waals surface area (Å²) in [7, 11) is 0. The Bertz CT molecular complexity index is 1030. The maximum Gasteiger partial charge on any atom is 0.294 e. The highest BCUT2D eigenvalue weighted by Gasteiger charge is 2.36. The molecule has 0 aliphatic carbocycles. The van der Waals surface area contributed by atoms with Gasteiger partial charge in [-0.2, -0.15) is 0 Å². The Hall–Kier alpha value is -2.11. The van der Waals surface area contributed by atoms with Crippen LogP contribution in [0.1, 0.15) is 5.56 Å². The van der Waals surface area contributed by atoms with Gasteiger partial charge in [0.2, 0.25) is 5.91 Å². The molecule has 1 fully saturated rings. The van der Waals surface area contributed by atoms with Crippen LogP contribution < -0.4 is 5.32 Å². The Morgan fingerprint density at radius 1 is 1.29 bits per heavy atom. The number of hydrogen-bond acceptors (Lipinski definition) is 5. The quantitative estimate of drug-likeness (QED) is 0.448. The summed E-state index contributed by atoms with van der Waals surface area (Å²) in [5, 5.41) is 11.3. The zero-order valence-electron chi connectivity index (χ0n) is 13.9. The predicted molar refractivity (Wildman–Crippen MR) is 114 cm³/mol. The molecule has 0 radical (unpaired) electrons. The van der Waals surface area contributed by atoms with E-state index in [0.29, 0.717) is 9.13 Å². The number of imide groups is 1. The van der Waals surface area contributed by atoms with Crippen LogP contribution in [0, 0.1) is 9.39 Å². The van der Waals surface area contributed by atoms with Gasteiger partial charge in [-0.15, -0.1) is 0 Å². The van der Waals surface area contributed by atoms with Crippen molar-refractivity contribution >= 4 is 74.8 Å². The molecule has 2 aromatic carbocycles. The van der Waals surface area contributed by atoms with E-state index >= 15 is 0 Å². The molecule has 0 aromatic heterocycles. The highest BCUT2D eigenvalue weighted by atomic mass is 127. The average Bonchev–Trinajstić information content (AvgIpc) is 2.89. The van der Waals surface area contributed by atoms with Gasteiger partial charge in [-0.05, 0) is 76.3 Å². The molecule has 0 bridgehead atoms. The van der Waals surface area contributed by atoms with Crippen LogP contribution in [0.3, 0.4) is 0 Å². The first-order chi connectivity index (χ1) is 13.2. The van der Waals surface area contributed by atoms with E-state index in [1.54, 1.807) is 12.1 Å². The number of anilines is 1. The fourth-order valence-electron chi connectivity index (χ4n) is 2.32. The standard InChI is InChI=1S/C18H11ClFIN2O4S/c19-11-7-10(2-3-12(11)20)22-16(25)8-23-17(26)15(28-18(23)27)6-9-1-4-14(24)13(21)5-9/h1-7,24H,8H2,(H,22,25)/b15-6-. The number of rotatable bonds is 4. The number of aromatic hydroxyl groups is 1. The molecule has 28 heavy (non-hydrogen) atoms. The van der Waals surface area contributed by atoms with Crippen LogP contribution in [0.5, 0.6) is 5.75 Å². The summed E-state index contributed by atoms with van der Waals surface area (Å²) >= 11 is 8.33. The second kappa shape index (κ2) is 8.50. The number of thioether (sulfide) groups is 1. The van der Waals surface area contributed by atoms with Crippen molar-refractivity contribution in [3.05, 3.63) is 61.3 Å². The molecular formula is C18H11ClFIN2O4S. The number of carbonyl (C=O) groups is 3. The molecule has 2 aromatic rings. The number of carbonyl (C=O) groups excluding carboxylic acids is 3. The van der Waals surface area contributed by atoms with Crippen molar-refractivity contribution in [2.75, 3.05) is 11.9 Å². The van der Waals surface area contributed by atoms with Gasteiger partial charge < -0.3 is 10.4 Å². The Morgan fingerprint density at radius 2 is 2.04 bits per heavy atom. The van der Waals surface area contributed by atoms with Gasteiger partial charge in [-0.3, -0.25) is 19.3 Å². The highest BCUT2D eigenvalue weighted by Crippen LogP contribution is 2.33. The number of hydrogen-bond donors (Lipinski definition) is 2. The Kier molecular flexibility index (Phi) is 6.26. The number of phenolic OH excluding ortho intramolecular Hbond substituents is 1. The predicted octanol–water partition coefficient (Wildman–Crippen LogP) is 4.46. The SMILES string of the molecule is O=C(CN1C(=O)S/C(=C\c2ccc(O)c(I)c2)C1=O)Nc1ccc(F)c(Cl)c1. The lowest BCUT2D eigenvalue weighted by atomic mass is 10.2. The van der Waals surface area contributed by atoms with E-state index in [0.717, 1.165) is 22.7 Å². The van der Waals surface area contributed by atoms with Crippen molar-refractivity contribution in [1.29, 1.82) is 0 Å². The van der Waals surface area contributed by atoms with Crippen LogP contribution >= 0.6 is 46.0 Å². The number of benzene rings is 2. The molecule has 0 unspecified atom stereocenters. The number of amides is 3. The minimum atomic E-state index is -0.625. The Morgan fingerprint density at radius 3 is 2.71 bits per heavy atom. The summed E-state index contributed by atoms with van der Waals surface area (Å²) in [5.74, 6) is -1.72. The summed E-state index contributed by atoms with van der Waals surface area (Å²) in [4.78, 5) is 37.7. The number of phenols is 1. The molecule has 1 saturated heterocycles. The summed E-state index contributed by atoms with van der Waals surface area (Å²) < 4.78 is 13.8. The molecule has 0 spiro atoms. The van der Waals surface area contributed by atoms with Gasteiger partial charge >= 0.3 is 0 Å². The van der Waals surface area contributed by atoms with E-state index in [4.69, 9.17) is 11.6 Å². The van der Waals surface area contributed by atoms with Crippen molar-refractivity contribution < 1.29 is 23.9 Å². The van der Waals surface area contributed by atoms with Crippen molar-refractivity contribution in [2.24, 2.45) is 0 Å². The third-order valence-corrected chi connectivity index (χ3v) is 5.71. The van der Waals surface area contributed by atoms with Crippen molar-refractivity contribution in [3.63, 3.8) is 0 Å². The normalized spacial score (nSPS) is 15.4. The Labute approximate surface area is 181 Å². The van der Waals surface area contributed by atoms with Gasteiger partial charge in [0.05, 0.1) is 13.5 Å². The smallest absolute Gasteiger partial charge is 0.294 e. The lowest BCUT2D eigenvalue weighted by Crippen LogP contribution is -2.36. The van der Waals surface area contributed by atoms with Gasteiger partial charge in [0.25, 0.3) is 11.1 Å². The summed E-state index contributed by atoms with van der Waals surface area (Å²) in [6.07, 6.45) is 1.52. The van der Waals surface area contributed by atoms with Crippen molar-refractivity contribution in [2.45, 2.75) is 0 Å². The van der Waals surface area contributed by atoms with E-state index < -0.39 is 29.4 Å².